The summed E-state index contributed by atoms with van der Waals surface area (Å²) in [5.41, 5.74) is 2.59. The van der Waals surface area contributed by atoms with Gasteiger partial charge in [0.15, 0.2) is 0 Å². The number of hydrogen-bond acceptors (Lipinski definition) is 1. The van der Waals surface area contributed by atoms with E-state index >= 15 is 0 Å². The Balaban J connectivity index is 1.36. The third-order valence-corrected chi connectivity index (χ3v) is 8.17. The third-order valence-electron chi connectivity index (χ3n) is 8.17. The SMILES string of the molecule is [2H]c1c([2H])c([2H])c(-c2c([2H])c([2H])c([2H])c([2H])c2-c2c3ccccc3c(-c3ccc4oc5c(-c6c([2H])c([2H])c([2H])c([2H])c6[2H])cccc5c4c3)c3ccccc23)c([2H])c1[2H]. The van der Waals surface area contributed by atoms with Crippen molar-refractivity contribution in [1.29, 1.82) is 0 Å². The van der Waals surface area contributed by atoms with Gasteiger partial charge in [0.05, 0.1) is 19.2 Å². The van der Waals surface area contributed by atoms with Crippen LogP contribution in [-0.2, 0) is 0 Å². The van der Waals surface area contributed by atoms with Crippen molar-refractivity contribution in [1.82, 2.24) is 0 Å². The molecule has 0 saturated carbocycles. The van der Waals surface area contributed by atoms with Gasteiger partial charge in [0.2, 0.25) is 0 Å². The van der Waals surface area contributed by atoms with Crippen LogP contribution in [0.3, 0.4) is 0 Å². The summed E-state index contributed by atoms with van der Waals surface area (Å²) in [6.45, 7) is 0. The summed E-state index contributed by atoms with van der Waals surface area (Å²) in [6, 6.07) is 18.3. The molecule has 1 nitrogen and oxygen atoms in total. The van der Waals surface area contributed by atoms with Crippen molar-refractivity contribution in [3.05, 3.63) is 170 Å². The predicted molar refractivity (Wildman–Crippen MR) is 190 cm³/mol. The van der Waals surface area contributed by atoms with Crippen molar-refractivity contribution in [3.8, 4) is 44.5 Å². The van der Waals surface area contributed by atoms with Gasteiger partial charge in [-0.1, -0.05) is 157 Å². The number of furan rings is 1. The summed E-state index contributed by atoms with van der Waals surface area (Å²) < 4.78 is 127. The minimum Gasteiger partial charge on any atom is -0.455 e. The second-order valence-electron chi connectivity index (χ2n) is 10.6. The number of benzene rings is 8. The molecule has 0 atom stereocenters. The van der Waals surface area contributed by atoms with Crippen LogP contribution in [0.2, 0.25) is 0 Å². The lowest BCUT2D eigenvalue weighted by atomic mass is 9.83. The van der Waals surface area contributed by atoms with E-state index in [2.05, 4.69) is 0 Å². The summed E-state index contributed by atoms with van der Waals surface area (Å²) in [6.07, 6.45) is 0. The topological polar surface area (TPSA) is 13.1 Å². The molecule has 210 valence electrons. The Labute approximate surface area is 281 Å². The predicted octanol–water partition coefficient (Wildman–Crippen LogP) is 12.6. The second-order valence-corrected chi connectivity index (χ2v) is 10.6. The van der Waals surface area contributed by atoms with E-state index in [4.69, 9.17) is 22.2 Å². The van der Waals surface area contributed by atoms with E-state index in [9.17, 15) is 1.37 Å². The van der Waals surface area contributed by atoms with Crippen molar-refractivity contribution in [3.63, 3.8) is 0 Å². The Bertz CT molecular complexity index is 3220. The van der Waals surface area contributed by atoms with Crippen molar-refractivity contribution >= 4 is 43.5 Å². The zero-order valence-corrected chi connectivity index (χ0v) is 23.5. The van der Waals surface area contributed by atoms with Crippen LogP contribution in [0, 0.1) is 0 Å². The molecule has 0 aliphatic heterocycles. The fraction of sp³-hybridized carbons (Fsp3) is 0. The van der Waals surface area contributed by atoms with E-state index in [0.717, 1.165) is 11.1 Å². The maximum atomic E-state index is 9.30. The molecule has 8 aromatic carbocycles. The molecule has 0 bridgehead atoms. The Morgan fingerprint density at radius 2 is 0.911 bits per heavy atom. The number of para-hydroxylation sites is 1. The first kappa shape index (κ1) is 15.2. The molecule has 1 heteroatoms. The standard InChI is InChI=1S/C44H28O/c1-3-14-29(15-4-1)32-18-7-8-19-34(32)43-37-22-11-9-20-35(37)42(36-21-10-12-23-38(36)43)31-26-27-41-40(28-31)39-25-13-24-33(44(39)45-41)30-16-5-2-6-17-30/h1-28H/i1D,2D,3D,4D,5D,6D,7D,8D,14D,15D,16D,17D,18D,19D. The molecule has 0 unspecified atom stereocenters. The maximum Gasteiger partial charge on any atom is 0.143 e. The van der Waals surface area contributed by atoms with Gasteiger partial charge in [-0.25, -0.2) is 0 Å². The Morgan fingerprint density at radius 3 is 1.56 bits per heavy atom. The van der Waals surface area contributed by atoms with Gasteiger partial charge in [-0.3, -0.25) is 0 Å². The van der Waals surface area contributed by atoms with Crippen LogP contribution in [-0.4, -0.2) is 0 Å². The van der Waals surface area contributed by atoms with Crippen molar-refractivity contribution in [2.24, 2.45) is 0 Å². The molecule has 0 N–H and O–H groups in total. The second kappa shape index (κ2) is 10.4. The zero-order chi connectivity index (χ0) is 41.9. The third kappa shape index (κ3) is 4.09. The molecular formula is C44H28O. The van der Waals surface area contributed by atoms with Gasteiger partial charge in [0.25, 0.3) is 0 Å². The first-order valence-electron chi connectivity index (χ1n) is 21.3. The monoisotopic (exact) mass is 586 g/mol. The van der Waals surface area contributed by atoms with Gasteiger partial charge >= 0.3 is 0 Å². The Kier molecular flexibility index (Phi) is 3.50. The fourth-order valence-electron chi connectivity index (χ4n) is 6.31. The van der Waals surface area contributed by atoms with Crippen LogP contribution in [0.25, 0.3) is 88.0 Å². The van der Waals surface area contributed by atoms with Gasteiger partial charge in [0.1, 0.15) is 11.2 Å². The van der Waals surface area contributed by atoms with Crippen molar-refractivity contribution < 1.29 is 23.6 Å². The molecule has 0 saturated heterocycles. The molecule has 0 aliphatic rings. The highest BCUT2D eigenvalue weighted by molar-refractivity contribution is 6.23. The minimum absolute atomic E-state index is 0.00932. The van der Waals surface area contributed by atoms with E-state index in [-0.39, 0.29) is 34.3 Å². The number of fused-ring (bicyclic) bond motifs is 5. The first-order valence-corrected chi connectivity index (χ1v) is 14.3. The zero-order valence-electron chi connectivity index (χ0n) is 37.5. The Hall–Kier alpha value is -5.92. The van der Waals surface area contributed by atoms with E-state index in [1.54, 1.807) is 30.3 Å². The lowest BCUT2D eigenvalue weighted by Crippen LogP contribution is -1.92. The minimum atomic E-state index is -0.632. The van der Waals surface area contributed by atoms with Gasteiger partial charge < -0.3 is 4.42 Å². The van der Waals surface area contributed by atoms with E-state index in [1.807, 2.05) is 54.6 Å². The first-order chi connectivity index (χ1) is 28.1. The van der Waals surface area contributed by atoms with Crippen molar-refractivity contribution in [2.75, 3.05) is 0 Å². The van der Waals surface area contributed by atoms with Crippen LogP contribution in [0.4, 0.5) is 0 Å². The molecular weight excluding hydrogens is 544 g/mol. The molecule has 0 aliphatic carbocycles. The summed E-state index contributed by atoms with van der Waals surface area (Å²) in [7, 11) is 0. The van der Waals surface area contributed by atoms with Gasteiger partial charge in [-0.05, 0) is 72.6 Å². The van der Waals surface area contributed by atoms with E-state index in [1.165, 1.54) is 0 Å². The smallest absolute Gasteiger partial charge is 0.143 e. The molecule has 1 heterocycles. The average Bonchev–Trinajstić information content (AvgIpc) is 3.63. The van der Waals surface area contributed by atoms with Crippen LogP contribution in [0.5, 0.6) is 0 Å². The normalized spacial score (nSPS) is 15.9. The highest BCUT2D eigenvalue weighted by Gasteiger charge is 2.20. The fourth-order valence-corrected chi connectivity index (χ4v) is 6.31. The largest absolute Gasteiger partial charge is 0.455 e. The molecule has 9 rings (SSSR count). The summed E-state index contributed by atoms with van der Waals surface area (Å²) >= 11 is 0. The number of hydrogen-bond donors (Lipinski definition) is 0. The molecule has 0 spiro atoms. The van der Waals surface area contributed by atoms with E-state index in [0.29, 0.717) is 54.6 Å². The lowest BCUT2D eigenvalue weighted by molar-refractivity contribution is 0.670. The van der Waals surface area contributed by atoms with Gasteiger partial charge in [-0.2, -0.15) is 0 Å². The summed E-state index contributed by atoms with van der Waals surface area (Å²) in [5.74, 6) is 0. The highest BCUT2D eigenvalue weighted by atomic mass is 16.3. The maximum absolute atomic E-state index is 9.30. The van der Waals surface area contributed by atoms with Crippen LogP contribution in [0.1, 0.15) is 19.2 Å². The average molecular weight is 587 g/mol. The molecule has 0 radical (unpaired) electrons. The highest BCUT2D eigenvalue weighted by Crippen LogP contribution is 2.47. The molecule has 1 aromatic heterocycles. The van der Waals surface area contributed by atoms with Crippen molar-refractivity contribution in [2.45, 2.75) is 0 Å². The molecule has 0 amide bonds. The van der Waals surface area contributed by atoms with E-state index < -0.39 is 72.5 Å². The van der Waals surface area contributed by atoms with Crippen LogP contribution < -0.4 is 0 Å². The van der Waals surface area contributed by atoms with Gasteiger partial charge in [-0.15, -0.1) is 0 Å². The molecule has 45 heavy (non-hydrogen) atoms. The van der Waals surface area contributed by atoms with Crippen LogP contribution in [0.15, 0.2) is 174 Å². The Morgan fingerprint density at radius 1 is 0.378 bits per heavy atom. The summed E-state index contributed by atoms with van der Waals surface area (Å²) in [5, 5.41) is 3.92. The van der Waals surface area contributed by atoms with Crippen LogP contribution >= 0.6 is 0 Å². The lowest BCUT2D eigenvalue weighted by Gasteiger charge is -2.19. The molecule has 0 fully saturated rings. The summed E-state index contributed by atoms with van der Waals surface area (Å²) in [4.78, 5) is 0. The quantitative estimate of drug-likeness (QED) is 0.187. The number of rotatable bonds is 4. The molecule has 9 aromatic rings. The van der Waals surface area contributed by atoms with Gasteiger partial charge in [0, 0.05) is 16.3 Å².